The summed E-state index contributed by atoms with van der Waals surface area (Å²) in [5.41, 5.74) is 0. The minimum absolute atomic E-state index is 0.0342. The molecule has 0 saturated carbocycles. The number of nitrogens with zero attached hydrogens (tertiary/aromatic N) is 6. The van der Waals surface area contributed by atoms with Gasteiger partial charge in [0, 0.05) is 144 Å². The SMILES string of the molecule is O=C(CCN1CCNCC1)OCCCCCCCCOC(=O)CCN1CCN(CCC(=O)OCC(=O)OCC(=O)OCCOC(=O)COC(=O)COC(=O)CCN2CCN(CCC(=O)OCCCCCCOC(=O)CCN3CCNCC3)CC2)CC1. The molecule has 28 nitrogen and oxygen atoms in total. The molecule has 0 aromatic heterocycles. The highest BCUT2D eigenvalue weighted by molar-refractivity contribution is 5.80. The molecule has 0 amide bonds. The monoisotopic (exact) mass is 1230 g/mol. The van der Waals surface area contributed by atoms with Gasteiger partial charge < -0.3 is 87.4 Å². The molecule has 4 fully saturated rings. The van der Waals surface area contributed by atoms with Gasteiger partial charge in [-0.25, -0.2) is 19.2 Å². The number of ether oxygens (including phenoxy) is 10. The second kappa shape index (κ2) is 46.5. The minimum atomic E-state index is -0.965. The predicted octanol–water partition coefficient (Wildman–Crippen LogP) is -0.294. The average Bonchev–Trinajstić information content (AvgIpc) is 3.61. The van der Waals surface area contributed by atoms with Gasteiger partial charge in [-0.05, 0) is 38.5 Å². The van der Waals surface area contributed by atoms with Crippen LogP contribution in [-0.4, -0.2) is 299 Å². The number of hydrogen-bond donors (Lipinski definition) is 2. The van der Waals surface area contributed by atoms with Crippen molar-refractivity contribution in [2.75, 3.05) is 210 Å². The summed E-state index contributed by atoms with van der Waals surface area (Å²) in [6, 6.07) is 0. The van der Waals surface area contributed by atoms with Gasteiger partial charge in [-0.3, -0.25) is 28.8 Å². The molecule has 2 N–H and O–H groups in total. The molecule has 0 unspecified atom stereocenters. The van der Waals surface area contributed by atoms with Gasteiger partial charge in [0.2, 0.25) is 0 Å². The van der Waals surface area contributed by atoms with E-state index in [9.17, 15) is 47.9 Å². The van der Waals surface area contributed by atoms with Crippen LogP contribution in [0, 0.1) is 0 Å². The first-order valence-electron chi connectivity index (χ1n) is 31.1. The molecule has 4 aliphatic rings. The largest absolute Gasteiger partial charge is 0.466 e. The first-order valence-corrected chi connectivity index (χ1v) is 31.1. The number of nitrogens with one attached hydrogen (secondary N) is 2. The van der Waals surface area contributed by atoms with E-state index in [0.717, 1.165) is 143 Å². The van der Waals surface area contributed by atoms with Crippen molar-refractivity contribution < 1.29 is 95.3 Å². The third kappa shape index (κ3) is 37.8. The molecule has 0 bridgehead atoms. The fourth-order valence-corrected chi connectivity index (χ4v) is 9.52. The summed E-state index contributed by atoms with van der Waals surface area (Å²) in [5.74, 6) is -5.82. The van der Waals surface area contributed by atoms with Crippen molar-refractivity contribution in [3.63, 3.8) is 0 Å². The van der Waals surface area contributed by atoms with E-state index >= 15 is 0 Å². The molecule has 0 aromatic carbocycles. The Hall–Kier alpha value is -5.62. The van der Waals surface area contributed by atoms with E-state index < -0.39 is 62.2 Å². The summed E-state index contributed by atoms with van der Waals surface area (Å²) in [5, 5.41) is 6.59. The Morgan fingerprint density at radius 1 is 0.221 bits per heavy atom. The molecule has 0 radical (unpaired) electrons. The number of unbranched alkanes of at least 4 members (excludes halogenated alkanes) is 8. The van der Waals surface area contributed by atoms with Gasteiger partial charge in [-0.15, -0.1) is 0 Å². The van der Waals surface area contributed by atoms with Gasteiger partial charge in [-0.1, -0.05) is 25.7 Å². The van der Waals surface area contributed by atoms with Crippen LogP contribution in [0.5, 0.6) is 0 Å². The molecule has 0 aromatic rings. The van der Waals surface area contributed by atoms with Crippen LogP contribution in [0.1, 0.15) is 103 Å². The molecule has 0 spiro atoms. The van der Waals surface area contributed by atoms with E-state index in [0.29, 0.717) is 111 Å². The van der Waals surface area contributed by atoms with Crippen molar-refractivity contribution in [1.82, 2.24) is 40.0 Å². The van der Waals surface area contributed by atoms with E-state index in [2.05, 4.69) is 40.0 Å². The van der Waals surface area contributed by atoms with Crippen LogP contribution in [-0.2, 0) is 95.3 Å². The summed E-state index contributed by atoms with van der Waals surface area (Å²) in [6.07, 6.45) is 10.5. The van der Waals surface area contributed by atoms with Crippen molar-refractivity contribution in [3.8, 4) is 0 Å². The Bertz CT molecular complexity index is 2000. The normalized spacial score (nSPS) is 16.5. The van der Waals surface area contributed by atoms with E-state index in [-0.39, 0.29) is 56.4 Å². The summed E-state index contributed by atoms with van der Waals surface area (Å²) < 4.78 is 50.7. The molecular weight excluding hydrogens is 1130 g/mol. The Balaban J connectivity index is 0.847. The molecule has 4 rings (SSSR count). The Kier molecular flexibility index (Phi) is 39.4. The zero-order valence-electron chi connectivity index (χ0n) is 50.8. The quantitative estimate of drug-likeness (QED) is 0.0449. The summed E-state index contributed by atoms with van der Waals surface area (Å²) in [4.78, 5) is 134. The standard InChI is InChI=1S/C58H98N8O20/c67-49(11-21-61-27-17-59-18-28-61)77-39-7-3-1-2-4-8-40-78-51(69)13-23-63-31-35-65(36-32-63)25-15-53(71)83-47-57(75)85-45-55(73)81-43-44-82-56(74)46-86-58(76)48-84-54(72)16-26-66-37-33-64(34-38-66)24-14-52(70)80-42-10-6-5-9-41-79-50(68)12-22-62-29-19-60-20-30-62/h59-60H,1-48H2. The van der Waals surface area contributed by atoms with Crippen LogP contribution in [0.2, 0.25) is 0 Å². The van der Waals surface area contributed by atoms with Crippen LogP contribution in [0.3, 0.4) is 0 Å². The molecule has 86 heavy (non-hydrogen) atoms. The van der Waals surface area contributed by atoms with Gasteiger partial charge >= 0.3 is 59.7 Å². The van der Waals surface area contributed by atoms with Crippen LogP contribution in [0.15, 0.2) is 0 Å². The second-order valence-corrected chi connectivity index (χ2v) is 21.6. The highest BCUT2D eigenvalue weighted by Gasteiger charge is 2.22. The van der Waals surface area contributed by atoms with Gasteiger partial charge in [0.25, 0.3) is 0 Å². The Labute approximate surface area is 506 Å². The smallest absolute Gasteiger partial charge is 0.344 e. The number of rotatable bonds is 45. The maximum absolute atomic E-state index is 12.3. The lowest BCUT2D eigenvalue weighted by atomic mass is 10.1. The van der Waals surface area contributed by atoms with Gasteiger partial charge in [0.15, 0.2) is 26.4 Å². The van der Waals surface area contributed by atoms with Crippen molar-refractivity contribution in [2.45, 2.75) is 103 Å². The zero-order chi connectivity index (χ0) is 61.7. The number of piperazine rings is 4. The van der Waals surface area contributed by atoms with Gasteiger partial charge in [-0.2, -0.15) is 0 Å². The van der Waals surface area contributed by atoms with Crippen molar-refractivity contribution in [1.29, 1.82) is 0 Å². The van der Waals surface area contributed by atoms with Crippen LogP contribution < -0.4 is 10.6 Å². The number of carbonyl (C=O) groups excluding carboxylic acids is 10. The fraction of sp³-hybridized carbons (Fsp3) is 0.828. The van der Waals surface area contributed by atoms with Crippen LogP contribution in [0.25, 0.3) is 0 Å². The topological polar surface area (TPSA) is 306 Å². The zero-order valence-corrected chi connectivity index (χ0v) is 50.8. The van der Waals surface area contributed by atoms with Crippen LogP contribution in [0.4, 0.5) is 0 Å². The average molecular weight is 1230 g/mol. The molecule has 490 valence electrons. The summed E-state index contributed by atoms with van der Waals surface area (Å²) >= 11 is 0. The third-order valence-corrected chi connectivity index (χ3v) is 14.8. The molecule has 4 aliphatic heterocycles. The number of esters is 10. The summed E-state index contributed by atoms with van der Waals surface area (Å²) in [6.45, 7) is 14.7. The van der Waals surface area contributed by atoms with E-state index in [4.69, 9.17) is 47.4 Å². The lowest BCUT2D eigenvalue weighted by molar-refractivity contribution is -0.168. The number of carbonyl (C=O) groups is 10. The highest BCUT2D eigenvalue weighted by atomic mass is 16.6. The van der Waals surface area contributed by atoms with E-state index in [1.165, 1.54) is 0 Å². The first-order chi connectivity index (χ1) is 41.8. The van der Waals surface area contributed by atoms with Crippen LogP contribution >= 0.6 is 0 Å². The Morgan fingerprint density at radius 2 is 0.407 bits per heavy atom. The van der Waals surface area contributed by atoms with Gasteiger partial charge in [0.1, 0.15) is 13.2 Å². The van der Waals surface area contributed by atoms with Crippen molar-refractivity contribution in [2.24, 2.45) is 0 Å². The third-order valence-electron chi connectivity index (χ3n) is 14.8. The molecule has 0 atom stereocenters. The molecule has 4 saturated heterocycles. The minimum Gasteiger partial charge on any atom is -0.466 e. The summed E-state index contributed by atoms with van der Waals surface area (Å²) in [7, 11) is 0. The maximum Gasteiger partial charge on any atom is 0.344 e. The highest BCUT2D eigenvalue weighted by Crippen LogP contribution is 2.10. The Morgan fingerprint density at radius 3 is 0.663 bits per heavy atom. The number of hydrogen-bond acceptors (Lipinski definition) is 28. The van der Waals surface area contributed by atoms with Crippen molar-refractivity contribution in [3.05, 3.63) is 0 Å². The fourth-order valence-electron chi connectivity index (χ4n) is 9.52. The second-order valence-electron chi connectivity index (χ2n) is 21.6. The molecule has 0 aliphatic carbocycles. The predicted molar refractivity (Wildman–Crippen MR) is 308 cm³/mol. The van der Waals surface area contributed by atoms with Crippen molar-refractivity contribution >= 4 is 59.7 Å². The molecular formula is C58H98N8O20. The lowest BCUT2D eigenvalue weighted by Gasteiger charge is -2.34. The lowest BCUT2D eigenvalue weighted by Crippen LogP contribution is -2.47. The van der Waals surface area contributed by atoms with E-state index in [1.54, 1.807) is 0 Å². The van der Waals surface area contributed by atoms with E-state index in [1.807, 2.05) is 0 Å². The first kappa shape index (κ1) is 72.9. The molecule has 4 heterocycles. The molecule has 28 heteroatoms. The van der Waals surface area contributed by atoms with Gasteiger partial charge in [0.05, 0.1) is 65.0 Å². The maximum atomic E-state index is 12.3.